The molecule has 0 radical (unpaired) electrons. The van der Waals surface area contributed by atoms with Crippen LogP contribution < -0.4 is 20.5 Å². The number of hydrogen-bond acceptors (Lipinski definition) is 9. The summed E-state index contributed by atoms with van der Waals surface area (Å²) < 4.78 is 21.4. The number of carbonyl (C=O) groups excluding carboxylic acids is 3. The SMILES string of the molecule is CCOC(=O)c1c(C)oc(NC(=O)CN2CCN(CCOc3ccc(OC)cc3)CC2)c1C(N)=O. The van der Waals surface area contributed by atoms with Crippen molar-refractivity contribution in [3.8, 4) is 11.5 Å². The predicted octanol–water partition coefficient (Wildman–Crippen LogP) is 1.51. The number of primary amides is 1. The van der Waals surface area contributed by atoms with Crippen LogP contribution in [-0.2, 0) is 9.53 Å². The van der Waals surface area contributed by atoms with E-state index in [-0.39, 0.29) is 41.8 Å². The molecule has 35 heavy (non-hydrogen) atoms. The number of aryl methyl sites for hydroxylation is 1. The first kappa shape index (κ1) is 26.0. The number of nitrogens with two attached hydrogens (primary N) is 1. The fraction of sp³-hybridized carbons (Fsp3) is 0.458. The van der Waals surface area contributed by atoms with Crippen LogP contribution in [0.2, 0.25) is 0 Å². The molecule has 2 heterocycles. The summed E-state index contributed by atoms with van der Waals surface area (Å²) in [6, 6.07) is 7.45. The monoisotopic (exact) mass is 488 g/mol. The zero-order valence-corrected chi connectivity index (χ0v) is 20.3. The summed E-state index contributed by atoms with van der Waals surface area (Å²) >= 11 is 0. The lowest BCUT2D eigenvalue weighted by molar-refractivity contribution is -0.117. The van der Waals surface area contributed by atoms with Crippen LogP contribution in [0.15, 0.2) is 28.7 Å². The maximum Gasteiger partial charge on any atom is 0.342 e. The Kier molecular flexibility index (Phi) is 9.10. The molecule has 3 N–H and O–H groups in total. The van der Waals surface area contributed by atoms with Gasteiger partial charge in [-0.15, -0.1) is 0 Å². The van der Waals surface area contributed by atoms with Crippen molar-refractivity contribution >= 4 is 23.7 Å². The Morgan fingerprint density at radius 2 is 1.66 bits per heavy atom. The van der Waals surface area contributed by atoms with Crippen molar-refractivity contribution < 1.29 is 33.0 Å². The number of carbonyl (C=O) groups is 3. The van der Waals surface area contributed by atoms with Crippen molar-refractivity contribution in [1.29, 1.82) is 0 Å². The van der Waals surface area contributed by atoms with Gasteiger partial charge in [-0.2, -0.15) is 0 Å². The van der Waals surface area contributed by atoms with Crippen LogP contribution in [0.25, 0.3) is 0 Å². The maximum atomic E-state index is 12.6. The topological polar surface area (TPSA) is 137 Å². The lowest BCUT2D eigenvalue weighted by atomic mass is 10.1. The van der Waals surface area contributed by atoms with E-state index >= 15 is 0 Å². The van der Waals surface area contributed by atoms with Gasteiger partial charge in [0.15, 0.2) is 0 Å². The number of esters is 1. The Balaban J connectivity index is 1.46. The van der Waals surface area contributed by atoms with Gasteiger partial charge in [0.25, 0.3) is 5.91 Å². The molecule has 11 heteroatoms. The van der Waals surface area contributed by atoms with Crippen molar-refractivity contribution in [2.45, 2.75) is 13.8 Å². The smallest absolute Gasteiger partial charge is 0.342 e. The number of rotatable bonds is 11. The molecule has 0 aliphatic carbocycles. The molecule has 1 saturated heterocycles. The van der Waals surface area contributed by atoms with Crippen LogP contribution in [0.1, 0.15) is 33.4 Å². The highest BCUT2D eigenvalue weighted by Crippen LogP contribution is 2.27. The fourth-order valence-corrected chi connectivity index (χ4v) is 3.82. The third-order valence-corrected chi connectivity index (χ3v) is 5.63. The lowest BCUT2D eigenvalue weighted by Crippen LogP contribution is -2.49. The largest absolute Gasteiger partial charge is 0.497 e. The quantitative estimate of drug-likeness (QED) is 0.451. The Bertz CT molecular complexity index is 1030. The van der Waals surface area contributed by atoms with Crippen molar-refractivity contribution in [3.63, 3.8) is 0 Å². The molecule has 190 valence electrons. The van der Waals surface area contributed by atoms with E-state index < -0.39 is 11.9 Å². The van der Waals surface area contributed by atoms with Crippen molar-refractivity contribution in [1.82, 2.24) is 9.80 Å². The van der Waals surface area contributed by atoms with E-state index in [1.165, 1.54) is 6.92 Å². The predicted molar refractivity (Wildman–Crippen MR) is 128 cm³/mol. The van der Waals surface area contributed by atoms with Crippen LogP contribution in [0.4, 0.5) is 5.88 Å². The van der Waals surface area contributed by atoms with Gasteiger partial charge in [-0.3, -0.25) is 24.7 Å². The third kappa shape index (κ3) is 6.96. The van der Waals surface area contributed by atoms with Crippen LogP contribution in [0, 0.1) is 6.92 Å². The number of benzene rings is 1. The lowest BCUT2D eigenvalue weighted by Gasteiger charge is -2.34. The molecule has 0 saturated carbocycles. The number of ether oxygens (including phenoxy) is 3. The molecular formula is C24H32N4O7. The Morgan fingerprint density at radius 1 is 1.03 bits per heavy atom. The number of piperazine rings is 1. The zero-order chi connectivity index (χ0) is 25.4. The van der Waals surface area contributed by atoms with Gasteiger partial charge in [0, 0.05) is 32.7 Å². The van der Waals surface area contributed by atoms with Gasteiger partial charge < -0.3 is 24.4 Å². The number of amides is 2. The van der Waals surface area contributed by atoms with Crippen molar-refractivity contribution in [2.24, 2.45) is 5.73 Å². The Labute approximate surface area is 204 Å². The van der Waals surface area contributed by atoms with Crippen LogP contribution in [-0.4, -0.2) is 87.2 Å². The van der Waals surface area contributed by atoms with Gasteiger partial charge in [-0.1, -0.05) is 0 Å². The molecule has 2 amide bonds. The number of nitrogens with zero attached hydrogens (tertiary/aromatic N) is 2. The molecule has 1 aromatic carbocycles. The molecule has 0 bridgehead atoms. The summed E-state index contributed by atoms with van der Waals surface area (Å²) in [6.07, 6.45) is 0. The van der Waals surface area contributed by atoms with E-state index in [1.807, 2.05) is 29.2 Å². The number of furan rings is 1. The highest BCUT2D eigenvalue weighted by Gasteiger charge is 2.29. The van der Waals surface area contributed by atoms with E-state index in [0.29, 0.717) is 19.7 Å². The highest BCUT2D eigenvalue weighted by atomic mass is 16.5. The summed E-state index contributed by atoms with van der Waals surface area (Å²) in [5, 5.41) is 2.57. The van der Waals surface area contributed by atoms with Gasteiger partial charge in [0.05, 0.1) is 20.3 Å². The summed E-state index contributed by atoms with van der Waals surface area (Å²) in [5.41, 5.74) is 5.18. The molecule has 0 spiro atoms. The average Bonchev–Trinajstić information content (AvgIpc) is 3.16. The molecule has 2 aromatic rings. The minimum absolute atomic E-state index is 0.0693. The van der Waals surface area contributed by atoms with E-state index in [9.17, 15) is 14.4 Å². The highest BCUT2D eigenvalue weighted by molar-refractivity contribution is 6.10. The molecule has 1 fully saturated rings. The fourth-order valence-electron chi connectivity index (χ4n) is 3.82. The summed E-state index contributed by atoms with van der Waals surface area (Å²) in [5.74, 6) is -0.398. The third-order valence-electron chi connectivity index (χ3n) is 5.63. The van der Waals surface area contributed by atoms with Gasteiger partial charge in [-0.25, -0.2) is 4.79 Å². The Morgan fingerprint density at radius 3 is 2.26 bits per heavy atom. The van der Waals surface area contributed by atoms with Gasteiger partial charge in [-0.05, 0) is 38.1 Å². The van der Waals surface area contributed by atoms with Crippen molar-refractivity contribution in [2.75, 3.05) is 64.9 Å². The number of anilines is 1. The molecular weight excluding hydrogens is 456 g/mol. The molecule has 1 aliphatic heterocycles. The molecule has 1 aromatic heterocycles. The zero-order valence-electron chi connectivity index (χ0n) is 20.3. The number of methoxy groups -OCH3 is 1. The maximum absolute atomic E-state index is 12.6. The molecule has 3 rings (SSSR count). The van der Waals surface area contributed by atoms with Gasteiger partial charge in [0.2, 0.25) is 11.8 Å². The second-order valence-corrected chi connectivity index (χ2v) is 8.01. The number of nitrogens with one attached hydrogen (secondary N) is 1. The van der Waals surface area contributed by atoms with Crippen LogP contribution >= 0.6 is 0 Å². The first-order valence-electron chi connectivity index (χ1n) is 11.4. The summed E-state index contributed by atoms with van der Waals surface area (Å²) in [7, 11) is 1.62. The van der Waals surface area contributed by atoms with E-state index in [2.05, 4.69) is 10.2 Å². The second-order valence-electron chi connectivity index (χ2n) is 8.01. The molecule has 0 atom stereocenters. The van der Waals surface area contributed by atoms with Crippen LogP contribution in [0.5, 0.6) is 11.5 Å². The second kappa shape index (κ2) is 12.2. The average molecular weight is 489 g/mol. The minimum atomic E-state index is -0.884. The summed E-state index contributed by atoms with van der Waals surface area (Å²) in [6.45, 7) is 7.70. The van der Waals surface area contributed by atoms with E-state index in [4.69, 9.17) is 24.4 Å². The Hall–Kier alpha value is -3.57. The van der Waals surface area contributed by atoms with Crippen LogP contribution in [0.3, 0.4) is 0 Å². The van der Waals surface area contributed by atoms with E-state index in [1.54, 1.807) is 14.0 Å². The first-order chi connectivity index (χ1) is 16.8. The number of hydrogen-bond donors (Lipinski definition) is 2. The van der Waals surface area contributed by atoms with E-state index in [0.717, 1.165) is 31.1 Å². The van der Waals surface area contributed by atoms with Crippen molar-refractivity contribution in [3.05, 3.63) is 41.2 Å². The first-order valence-corrected chi connectivity index (χ1v) is 11.4. The minimum Gasteiger partial charge on any atom is -0.497 e. The van der Waals surface area contributed by atoms with Gasteiger partial charge in [0.1, 0.15) is 35.0 Å². The normalized spacial score (nSPS) is 14.4. The molecule has 0 unspecified atom stereocenters. The molecule has 1 aliphatic rings. The standard InChI is InChI=1S/C24H32N4O7/c1-4-33-24(31)20-16(2)35-23(21(20)22(25)30)26-19(29)15-28-11-9-27(10-12-28)13-14-34-18-7-5-17(32-3)6-8-18/h5-8H,4,9-15H2,1-3H3,(H2,25,30)(H,26,29). The van der Waals surface area contributed by atoms with Gasteiger partial charge >= 0.3 is 5.97 Å². The molecule has 11 nitrogen and oxygen atoms in total. The summed E-state index contributed by atoms with van der Waals surface area (Å²) in [4.78, 5) is 41.0.